The van der Waals surface area contributed by atoms with Crippen LogP contribution in [0.2, 0.25) is 5.02 Å². The Labute approximate surface area is 237 Å². The minimum Gasteiger partial charge on any atom is -0.444 e. The van der Waals surface area contributed by atoms with Crippen molar-refractivity contribution in [1.29, 1.82) is 0 Å². The van der Waals surface area contributed by atoms with Crippen LogP contribution in [0.3, 0.4) is 0 Å². The summed E-state index contributed by atoms with van der Waals surface area (Å²) in [6.07, 6.45) is 1.32. The van der Waals surface area contributed by atoms with Gasteiger partial charge in [-0.25, -0.2) is 4.79 Å². The third-order valence-electron chi connectivity index (χ3n) is 6.45. The number of carbonyl (C=O) groups excluding carboxylic acids is 3. The fraction of sp³-hybridized carbons (Fsp3) is 0.516. The number of rotatable bonds is 9. The molecule has 8 heteroatoms. The molecule has 0 bridgehead atoms. The number of alkyl carbamates (subject to hydrolysis) is 1. The number of hydrogen-bond acceptors (Lipinski definition) is 4. The molecule has 212 valence electrons. The van der Waals surface area contributed by atoms with Crippen molar-refractivity contribution in [2.45, 2.75) is 98.4 Å². The van der Waals surface area contributed by atoms with Crippen LogP contribution in [-0.2, 0) is 14.3 Å². The molecule has 1 fully saturated rings. The van der Waals surface area contributed by atoms with Gasteiger partial charge in [-0.1, -0.05) is 66.9 Å². The summed E-state index contributed by atoms with van der Waals surface area (Å²) in [6.45, 7) is 15.1. The number of ether oxygens (including phenoxy) is 1. The first kappa shape index (κ1) is 30.5. The number of amides is 3. The Bertz CT molecular complexity index is 1180. The highest BCUT2D eigenvalue weighted by atomic mass is 35.5. The lowest BCUT2D eigenvalue weighted by Gasteiger charge is -2.35. The molecule has 0 radical (unpaired) electrons. The zero-order chi connectivity index (χ0) is 29.1. The molecule has 0 saturated heterocycles. The van der Waals surface area contributed by atoms with Crippen LogP contribution in [0.5, 0.6) is 0 Å². The summed E-state index contributed by atoms with van der Waals surface area (Å²) in [5, 5.41) is 6.23. The summed E-state index contributed by atoms with van der Waals surface area (Å²) < 4.78 is 5.47. The van der Waals surface area contributed by atoms with Crippen molar-refractivity contribution >= 4 is 35.2 Å². The first-order valence-corrected chi connectivity index (χ1v) is 14.0. The summed E-state index contributed by atoms with van der Waals surface area (Å²) in [4.78, 5) is 42.8. The molecule has 3 amide bonds. The average Bonchev–Trinajstić information content (AvgIpc) is 3.61. The van der Waals surface area contributed by atoms with Gasteiger partial charge in [-0.2, -0.15) is 0 Å². The molecule has 2 N–H and O–H groups in total. The normalized spacial score (nSPS) is 14.9. The SMILES string of the molecule is Cc1cc(C)cc(C(C(=O)Nc2c(C)cccc2Cl)N(C(=O)C(CC(C)C)NC(=O)OC(C)(C)C)C2CC2)c1. The van der Waals surface area contributed by atoms with Crippen molar-refractivity contribution < 1.29 is 19.1 Å². The van der Waals surface area contributed by atoms with Gasteiger partial charge in [-0.3, -0.25) is 9.59 Å². The molecule has 39 heavy (non-hydrogen) atoms. The van der Waals surface area contributed by atoms with Gasteiger partial charge >= 0.3 is 6.09 Å². The molecular formula is C31H42ClN3O4. The number of benzene rings is 2. The standard InChI is InChI=1S/C31H42ClN3O4/c1-18(2)14-25(33-30(38)39-31(6,7)8)29(37)35(23-12-13-23)27(22-16-19(3)15-20(4)17-22)28(36)34-26-21(5)10-9-11-24(26)32/h9-11,15-18,23,25,27H,12-14H2,1-8H3,(H,33,38)(H,34,36). The van der Waals surface area contributed by atoms with E-state index in [-0.39, 0.29) is 23.8 Å². The van der Waals surface area contributed by atoms with E-state index in [1.165, 1.54) is 0 Å². The number of carbonyl (C=O) groups is 3. The molecular weight excluding hydrogens is 514 g/mol. The molecule has 7 nitrogen and oxygen atoms in total. The van der Waals surface area contributed by atoms with Gasteiger partial charge in [0.15, 0.2) is 0 Å². The smallest absolute Gasteiger partial charge is 0.408 e. The lowest BCUT2D eigenvalue weighted by Crippen LogP contribution is -2.53. The highest BCUT2D eigenvalue weighted by Gasteiger charge is 2.44. The van der Waals surface area contributed by atoms with E-state index in [0.29, 0.717) is 17.1 Å². The summed E-state index contributed by atoms with van der Waals surface area (Å²) in [6, 6.07) is 9.48. The van der Waals surface area contributed by atoms with Crippen LogP contribution >= 0.6 is 11.6 Å². The second kappa shape index (κ2) is 12.4. The van der Waals surface area contributed by atoms with Crippen molar-refractivity contribution in [1.82, 2.24) is 10.2 Å². The molecule has 3 rings (SSSR count). The lowest BCUT2D eigenvalue weighted by atomic mass is 9.96. The molecule has 1 saturated carbocycles. The Hall–Kier alpha value is -3.06. The van der Waals surface area contributed by atoms with E-state index < -0.39 is 23.8 Å². The third-order valence-corrected chi connectivity index (χ3v) is 6.76. The van der Waals surface area contributed by atoms with Gasteiger partial charge in [-0.15, -0.1) is 0 Å². The van der Waals surface area contributed by atoms with Crippen molar-refractivity contribution in [2.75, 3.05) is 5.32 Å². The maximum absolute atomic E-state index is 14.3. The molecule has 0 aliphatic heterocycles. The minimum absolute atomic E-state index is 0.114. The Balaban J connectivity index is 2.06. The first-order chi connectivity index (χ1) is 18.2. The number of nitrogens with zero attached hydrogens (tertiary/aromatic N) is 1. The van der Waals surface area contributed by atoms with Crippen LogP contribution in [0.1, 0.15) is 82.2 Å². The van der Waals surface area contributed by atoms with Gasteiger partial charge in [0.25, 0.3) is 5.91 Å². The first-order valence-electron chi connectivity index (χ1n) is 13.6. The molecule has 0 aromatic heterocycles. The van der Waals surface area contributed by atoms with Crippen LogP contribution in [0, 0.1) is 26.7 Å². The van der Waals surface area contributed by atoms with E-state index in [1.54, 1.807) is 31.7 Å². The van der Waals surface area contributed by atoms with Crippen molar-refractivity contribution in [3.8, 4) is 0 Å². The predicted octanol–water partition coefficient (Wildman–Crippen LogP) is 6.88. The van der Waals surface area contributed by atoms with Crippen LogP contribution < -0.4 is 10.6 Å². The van der Waals surface area contributed by atoms with Gasteiger partial charge in [0.2, 0.25) is 5.91 Å². The van der Waals surface area contributed by atoms with Crippen LogP contribution in [0.4, 0.5) is 10.5 Å². The van der Waals surface area contributed by atoms with Gasteiger partial charge in [0.1, 0.15) is 17.7 Å². The van der Waals surface area contributed by atoms with Gasteiger partial charge in [-0.05, 0) is 83.9 Å². The van der Waals surface area contributed by atoms with E-state index in [2.05, 4.69) is 10.6 Å². The van der Waals surface area contributed by atoms with E-state index in [0.717, 1.165) is 35.1 Å². The van der Waals surface area contributed by atoms with Crippen molar-refractivity contribution in [2.24, 2.45) is 5.92 Å². The molecule has 2 aromatic rings. The van der Waals surface area contributed by atoms with E-state index in [9.17, 15) is 14.4 Å². The molecule has 2 unspecified atom stereocenters. The number of hydrogen-bond donors (Lipinski definition) is 2. The highest BCUT2D eigenvalue weighted by Crippen LogP contribution is 2.38. The second-order valence-electron chi connectivity index (χ2n) is 12.0. The van der Waals surface area contributed by atoms with Crippen LogP contribution in [-0.4, -0.2) is 40.5 Å². The predicted molar refractivity (Wildman–Crippen MR) is 156 cm³/mol. The summed E-state index contributed by atoms with van der Waals surface area (Å²) >= 11 is 6.45. The average molecular weight is 556 g/mol. The molecule has 1 aliphatic rings. The van der Waals surface area contributed by atoms with Gasteiger partial charge < -0.3 is 20.3 Å². The number of para-hydroxylation sites is 1. The quantitative estimate of drug-likeness (QED) is 0.353. The summed E-state index contributed by atoms with van der Waals surface area (Å²) in [5.41, 5.74) is 3.34. The van der Waals surface area contributed by atoms with Gasteiger partial charge in [0.05, 0.1) is 10.7 Å². The van der Waals surface area contributed by atoms with Crippen LogP contribution in [0.15, 0.2) is 36.4 Å². The molecule has 2 atom stereocenters. The molecule has 1 aliphatic carbocycles. The Morgan fingerprint density at radius 3 is 2.18 bits per heavy atom. The van der Waals surface area contributed by atoms with E-state index in [1.807, 2.05) is 65.0 Å². The Morgan fingerprint density at radius 2 is 1.67 bits per heavy atom. The number of halogens is 1. The Morgan fingerprint density at radius 1 is 1.05 bits per heavy atom. The van der Waals surface area contributed by atoms with Crippen molar-refractivity contribution in [3.63, 3.8) is 0 Å². The second-order valence-corrected chi connectivity index (χ2v) is 12.5. The van der Waals surface area contributed by atoms with Crippen LogP contribution in [0.25, 0.3) is 0 Å². The number of aryl methyl sites for hydroxylation is 3. The Kier molecular flexibility index (Phi) is 9.70. The lowest BCUT2D eigenvalue weighted by molar-refractivity contribution is -0.141. The topological polar surface area (TPSA) is 87.7 Å². The molecule has 0 spiro atoms. The number of anilines is 1. The largest absolute Gasteiger partial charge is 0.444 e. The maximum atomic E-state index is 14.3. The van der Waals surface area contributed by atoms with Gasteiger partial charge in [0, 0.05) is 6.04 Å². The highest BCUT2D eigenvalue weighted by molar-refractivity contribution is 6.34. The van der Waals surface area contributed by atoms with E-state index >= 15 is 0 Å². The number of nitrogens with one attached hydrogen (secondary N) is 2. The summed E-state index contributed by atoms with van der Waals surface area (Å²) in [5.74, 6) is -0.529. The maximum Gasteiger partial charge on any atom is 0.408 e. The van der Waals surface area contributed by atoms with E-state index in [4.69, 9.17) is 16.3 Å². The van der Waals surface area contributed by atoms with Crippen molar-refractivity contribution in [3.05, 3.63) is 63.7 Å². The monoisotopic (exact) mass is 555 g/mol. The third kappa shape index (κ3) is 8.46. The zero-order valence-corrected chi connectivity index (χ0v) is 25.1. The zero-order valence-electron chi connectivity index (χ0n) is 24.4. The molecule has 2 aromatic carbocycles. The summed E-state index contributed by atoms with van der Waals surface area (Å²) in [7, 11) is 0. The minimum atomic E-state index is -0.908. The fourth-order valence-corrected chi connectivity index (χ4v) is 5.05. The fourth-order valence-electron chi connectivity index (χ4n) is 4.78. The molecule has 0 heterocycles.